The zero-order valence-corrected chi connectivity index (χ0v) is 19.1. The highest BCUT2D eigenvalue weighted by Crippen LogP contribution is 2.41. The first-order chi connectivity index (χ1) is 16.4. The lowest BCUT2D eigenvalue weighted by Crippen LogP contribution is -2.42. The largest absolute Gasteiger partial charge is 0.508 e. The predicted molar refractivity (Wildman–Crippen MR) is 125 cm³/mol. The van der Waals surface area contributed by atoms with Crippen LogP contribution in [0.3, 0.4) is 0 Å². The van der Waals surface area contributed by atoms with Crippen molar-refractivity contribution in [3.8, 4) is 11.5 Å². The second-order valence-electron chi connectivity index (χ2n) is 9.00. The molecule has 2 aromatic rings. The number of likely N-dealkylation sites (tertiary alicyclic amines) is 1. The molecular weight excluding hydrogens is 436 g/mol. The van der Waals surface area contributed by atoms with Gasteiger partial charge in [0.2, 0.25) is 0 Å². The smallest absolute Gasteiger partial charge is 0.295 e. The fourth-order valence-corrected chi connectivity index (χ4v) is 4.95. The number of aromatic hydroxyl groups is 1. The average molecular weight is 465 g/mol. The van der Waals surface area contributed by atoms with Gasteiger partial charge in [0.05, 0.1) is 24.8 Å². The van der Waals surface area contributed by atoms with Gasteiger partial charge in [-0.3, -0.25) is 14.5 Å². The fourth-order valence-electron chi connectivity index (χ4n) is 4.95. The third kappa shape index (κ3) is 4.15. The number of phenolic OH excluding ortho intramolecular Hbond substituents is 1. The zero-order chi connectivity index (χ0) is 23.8. The number of hydrogen-bond donors (Lipinski definition) is 2. The van der Waals surface area contributed by atoms with Crippen molar-refractivity contribution in [1.82, 2.24) is 9.80 Å². The maximum Gasteiger partial charge on any atom is 0.295 e. The number of rotatable bonds is 5. The van der Waals surface area contributed by atoms with E-state index in [1.807, 2.05) is 13.0 Å². The third-order valence-electron chi connectivity index (χ3n) is 6.66. The minimum atomic E-state index is -0.795. The van der Waals surface area contributed by atoms with E-state index in [-0.39, 0.29) is 23.2 Å². The summed E-state index contributed by atoms with van der Waals surface area (Å²) < 4.78 is 11.1. The monoisotopic (exact) mass is 464 g/mol. The van der Waals surface area contributed by atoms with E-state index in [1.54, 1.807) is 24.3 Å². The summed E-state index contributed by atoms with van der Waals surface area (Å²) >= 11 is 0. The van der Waals surface area contributed by atoms with E-state index in [1.165, 1.54) is 17.0 Å². The molecule has 0 saturated carbocycles. The van der Waals surface area contributed by atoms with Gasteiger partial charge in [0.25, 0.3) is 11.7 Å². The van der Waals surface area contributed by atoms with Gasteiger partial charge in [-0.05, 0) is 48.4 Å². The summed E-state index contributed by atoms with van der Waals surface area (Å²) in [6.45, 7) is 5.66. The highest BCUT2D eigenvalue weighted by atomic mass is 16.5. The van der Waals surface area contributed by atoms with Gasteiger partial charge >= 0.3 is 0 Å². The molecule has 0 bridgehead atoms. The summed E-state index contributed by atoms with van der Waals surface area (Å²) in [7, 11) is 0. The maximum atomic E-state index is 13.2. The third-order valence-corrected chi connectivity index (χ3v) is 6.66. The Kier molecular flexibility index (Phi) is 6.02. The summed E-state index contributed by atoms with van der Waals surface area (Å²) in [5.74, 6) is -0.804. The lowest BCUT2D eigenvalue weighted by Gasteiger charge is -2.31. The molecular formula is C26H28N2O6. The van der Waals surface area contributed by atoms with Crippen molar-refractivity contribution < 1.29 is 29.3 Å². The van der Waals surface area contributed by atoms with Gasteiger partial charge in [-0.25, -0.2) is 0 Å². The van der Waals surface area contributed by atoms with Crippen LogP contribution < -0.4 is 4.74 Å². The first-order valence-corrected chi connectivity index (χ1v) is 11.6. The van der Waals surface area contributed by atoms with Crippen LogP contribution in [0.25, 0.3) is 5.76 Å². The van der Waals surface area contributed by atoms with Crippen LogP contribution in [-0.2, 0) is 20.7 Å². The van der Waals surface area contributed by atoms with Crippen molar-refractivity contribution in [2.45, 2.75) is 25.5 Å². The first kappa shape index (κ1) is 22.4. The first-order valence-electron chi connectivity index (χ1n) is 11.6. The van der Waals surface area contributed by atoms with Gasteiger partial charge in [-0.1, -0.05) is 12.1 Å². The van der Waals surface area contributed by atoms with Crippen LogP contribution >= 0.6 is 0 Å². The lowest BCUT2D eigenvalue weighted by molar-refractivity contribution is -0.140. The predicted octanol–water partition coefficient (Wildman–Crippen LogP) is 2.47. The average Bonchev–Trinajstić information content (AvgIpc) is 3.33. The van der Waals surface area contributed by atoms with Crippen LogP contribution in [0.4, 0.5) is 0 Å². The minimum Gasteiger partial charge on any atom is -0.508 e. The van der Waals surface area contributed by atoms with E-state index in [9.17, 15) is 19.8 Å². The highest BCUT2D eigenvalue weighted by Gasteiger charge is 2.46. The minimum absolute atomic E-state index is 0.0277. The number of phenols is 1. The molecule has 2 atom stereocenters. The Hall–Kier alpha value is -3.36. The summed E-state index contributed by atoms with van der Waals surface area (Å²) in [5, 5.41) is 21.4. The summed E-state index contributed by atoms with van der Waals surface area (Å²) in [4.78, 5) is 30.0. The number of hydrogen-bond acceptors (Lipinski definition) is 7. The molecule has 2 N–H and O–H groups in total. The fraction of sp³-hybridized carbons (Fsp3) is 0.385. The van der Waals surface area contributed by atoms with Crippen LogP contribution in [0.2, 0.25) is 0 Å². The molecule has 8 nitrogen and oxygen atoms in total. The summed E-state index contributed by atoms with van der Waals surface area (Å²) in [5.41, 5.74) is 2.02. The van der Waals surface area contributed by atoms with Crippen LogP contribution in [0.1, 0.15) is 29.7 Å². The Balaban J connectivity index is 1.53. The number of aliphatic hydroxyl groups is 1. The molecule has 2 saturated heterocycles. The molecule has 5 rings (SSSR count). The van der Waals surface area contributed by atoms with Crippen molar-refractivity contribution in [1.29, 1.82) is 0 Å². The van der Waals surface area contributed by atoms with E-state index in [0.717, 1.165) is 24.4 Å². The Morgan fingerprint density at radius 2 is 1.88 bits per heavy atom. The van der Waals surface area contributed by atoms with Gasteiger partial charge in [0.1, 0.15) is 23.4 Å². The number of Topliss-reactive ketones (excluding diaryl/α,β-unsaturated/α-hetero) is 1. The van der Waals surface area contributed by atoms with Gasteiger partial charge in [0, 0.05) is 38.2 Å². The van der Waals surface area contributed by atoms with Gasteiger partial charge < -0.3 is 24.6 Å². The molecule has 0 aliphatic carbocycles. The van der Waals surface area contributed by atoms with Gasteiger partial charge in [0.15, 0.2) is 0 Å². The van der Waals surface area contributed by atoms with Crippen molar-refractivity contribution in [3.63, 3.8) is 0 Å². The topological polar surface area (TPSA) is 99.5 Å². The van der Waals surface area contributed by atoms with E-state index in [4.69, 9.17) is 9.47 Å². The lowest BCUT2D eigenvalue weighted by atomic mass is 9.94. The number of benzene rings is 2. The molecule has 0 spiro atoms. The number of ether oxygens (including phenoxy) is 2. The molecule has 34 heavy (non-hydrogen) atoms. The van der Waals surface area contributed by atoms with E-state index in [0.29, 0.717) is 43.9 Å². The van der Waals surface area contributed by atoms with E-state index < -0.39 is 17.7 Å². The normalized spacial score (nSPS) is 24.3. The number of morpholine rings is 1. The quantitative estimate of drug-likeness (QED) is 0.398. The van der Waals surface area contributed by atoms with Crippen molar-refractivity contribution in [2.24, 2.45) is 0 Å². The Morgan fingerprint density at radius 3 is 2.65 bits per heavy atom. The number of amides is 1. The Labute approximate surface area is 198 Å². The zero-order valence-electron chi connectivity index (χ0n) is 19.1. The molecule has 8 heteroatoms. The van der Waals surface area contributed by atoms with E-state index in [2.05, 4.69) is 4.90 Å². The second kappa shape index (κ2) is 9.12. The number of carbonyl (C=O) groups is 2. The standard InChI is InChI=1S/C26H28N2O6/c1-16-13-19-14-18(5-6-21(19)34-16)24(30)22-23(17-3-2-4-20(29)15-17)28(26(32)25(22)31)8-7-27-9-11-33-12-10-27/h2-6,14-16,23,29-30H,7-13H2,1H3/t16-,23+/m0/s1. The molecule has 3 aliphatic rings. The molecule has 3 aliphatic heterocycles. The maximum absolute atomic E-state index is 13.2. The number of carbonyl (C=O) groups excluding carboxylic acids is 2. The van der Waals surface area contributed by atoms with Crippen molar-refractivity contribution in [3.05, 3.63) is 64.7 Å². The molecule has 178 valence electrons. The molecule has 2 fully saturated rings. The van der Waals surface area contributed by atoms with Crippen molar-refractivity contribution >= 4 is 17.4 Å². The van der Waals surface area contributed by atoms with E-state index >= 15 is 0 Å². The number of ketones is 1. The molecule has 2 aromatic carbocycles. The molecule has 0 radical (unpaired) electrons. The molecule has 0 unspecified atom stereocenters. The molecule has 1 amide bonds. The number of fused-ring (bicyclic) bond motifs is 1. The summed E-state index contributed by atoms with van der Waals surface area (Å²) in [6, 6.07) is 11.0. The summed E-state index contributed by atoms with van der Waals surface area (Å²) in [6.07, 6.45) is 0.755. The Bertz CT molecular complexity index is 1150. The Morgan fingerprint density at radius 1 is 1.09 bits per heavy atom. The molecule has 0 aromatic heterocycles. The number of nitrogens with zero attached hydrogens (tertiary/aromatic N) is 2. The van der Waals surface area contributed by atoms with Crippen LogP contribution in [0.5, 0.6) is 11.5 Å². The van der Waals surface area contributed by atoms with Gasteiger partial charge in [-0.15, -0.1) is 0 Å². The van der Waals surface area contributed by atoms with Crippen molar-refractivity contribution in [2.75, 3.05) is 39.4 Å². The highest BCUT2D eigenvalue weighted by molar-refractivity contribution is 6.46. The van der Waals surface area contributed by atoms with Crippen LogP contribution in [0, 0.1) is 0 Å². The molecule has 3 heterocycles. The van der Waals surface area contributed by atoms with Crippen LogP contribution in [-0.4, -0.2) is 77.2 Å². The number of aliphatic hydroxyl groups excluding tert-OH is 1. The SMILES string of the molecule is C[C@H]1Cc2cc(C(O)=C3C(=O)C(=O)N(CCN4CCOCC4)[C@@H]3c3cccc(O)c3)ccc2O1. The van der Waals surface area contributed by atoms with Gasteiger partial charge in [-0.2, -0.15) is 0 Å². The van der Waals surface area contributed by atoms with Crippen LogP contribution in [0.15, 0.2) is 48.0 Å². The second-order valence-corrected chi connectivity index (χ2v) is 9.00.